The average molecular weight is 400 g/mol. The third kappa shape index (κ3) is 4.34. The summed E-state index contributed by atoms with van der Waals surface area (Å²) >= 11 is 0. The molecule has 1 N–H and O–H groups in total. The number of pyridine rings is 1. The fourth-order valence-corrected chi connectivity index (χ4v) is 3.57. The zero-order chi connectivity index (χ0) is 20.1. The van der Waals surface area contributed by atoms with Crippen LogP contribution < -0.4 is 4.72 Å². The van der Waals surface area contributed by atoms with Crippen LogP contribution in [-0.2, 0) is 14.8 Å². The summed E-state index contributed by atoms with van der Waals surface area (Å²) in [5.41, 5.74) is 1.48. The van der Waals surface area contributed by atoms with Crippen molar-refractivity contribution in [3.8, 4) is 11.1 Å². The van der Waals surface area contributed by atoms with Crippen molar-refractivity contribution in [3.63, 3.8) is 0 Å². The van der Waals surface area contributed by atoms with Crippen LogP contribution >= 0.6 is 0 Å². The first-order valence-corrected chi connectivity index (χ1v) is 9.89. The van der Waals surface area contributed by atoms with E-state index in [-0.39, 0.29) is 17.2 Å². The number of carbonyl (C=O) groups excluding carboxylic acids is 1. The lowest BCUT2D eigenvalue weighted by Gasteiger charge is -2.10. The Morgan fingerprint density at radius 2 is 1.79 bits per heavy atom. The summed E-state index contributed by atoms with van der Waals surface area (Å²) in [7, 11) is -3.94. The summed E-state index contributed by atoms with van der Waals surface area (Å²) in [5, 5.41) is 0. The molecule has 3 aromatic rings. The third-order valence-electron chi connectivity index (χ3n) is 3.87. The summed E-state index contributed by atoms with van der Waals surface area (Å²) in [6, 6.07) is 13.1. The van der Waals surface area contributed by atoms with E-state index < -0.39 is 21.8 Å². The van der Waals surface area contributed by atoms with Gasteiger partial charge in [-0.3, -0.25) is 9.71 Å². The molecule has 1 aromatic heterocycles. The fourth-order valence-electron chi connectivity index (χ4n) is 2.50. The number of nitrogens with zero attached hydrogens (tertiary/aromatic N) is 1. The first kappa shape index (κ1) is 19.5. The van der Waals surface area contributed by atoms with Gasteiger partial charge in [0.25, 0.3) is 10.0 Å². The molecule has 3 rings (SSSR count). The van der Waals surface area contributed by atoms with Crippen LogP contribution in [0.15, 0.2) is 71.9 Å². The maximum atomic E-state index is 13.7. The van der Waals surface area contributed by atoms with Gasteiger partial charge in [-0.25, -0.2) is 17.6 Å². The lowest BCUT2D eigenvalue weighted by molar-refractivity contribution is 0.0526. The van der Waals surface area contributed by atoms with E-state index in [1.165, 1.54) is 42.6 Å². The second kappa shape index (κ2) is 8.18. The Kier molecular flexibility index (Phi) is 5.70. The van der Waals surface area contributed by atoms with Crippen LogP contribution in [0.25, 0.3) is 11.1 Å². The molecule has 6 nitrogen and oxygen atoms in total. The van der Waals surface area contributed by atoms with E-state index in [0.717, 1.165) is 0 Å². The van der Waals surface area contributed by atoms with Crippen molar-refractivity contribution < 1.29 is 22.3 Å². The van der Waals surface area contributed by atoms with Gasteiger partial charge in [0.2, 0.25) is 0 Å². The molecule has 2 aromatic carbocycles. The van der Waals surface area contributed by atoms with Crippen LogP contribution in [0.2, 0.25) is 0 Å². The summed E-state index contributed by atoms with van der Waals surface area (Å²) in [4.78, 5) is 15.8. The fraction of sp³-hybridized carbons (Fsp3) is 0.100. The third-order valence-corrected chi connectivity index (χ3v) is 5.25. The molecule has 0 amide bonds. The number of ether oxygens (including phenoxy) is 1. The van der Waals surface area contributed by atoms with Crippen molar-refractivity contribution in [1.29, 1.82) is 0 Å². The minimum Gasteiger partial charge on any atom is -0.462 e. The Hall–Kier alpha value is -3.26. The molecular weight excluding hydrogens is 383 g/mol. The number of hydrogen-bond acceptors (Lipinski definition) is 5. The number of halogens is 1. The van der Waals surface area contributed by atoms with Gasteiger partial charge in [-0.05, 0) is 42.8 Å². The smallest absolute Gasteiger partial charge is 0.339 e. The molecule has 0 fully saturated rings. The van der Waals surface area contributed by atoms with E-state index in [0.29, 0.717) is 16.7 Å². The van der Waals surface area contributed by atoms with Crippen molar-refractivity contribution >= 4 is 21.7 Å². The van der Waals surface area contributed by atoms with Gasteiger partial charge in [0.05, 0.1) is 22.8 Å². The molecule has 0 aliphatic rings. The molecule has 8 heteroatoms. The van der Waals surface area contributed by atoms with E-state index in [4.69, 9.17) is 4.74 Å². The first-order chi connectivity index (χ1) is 13.4. The van der Waals surface area contributed by atoms with E-state index >= 15 is 0 Å². The second-order valence-corrected chi connectivity index (χ2v) is 7.47. The number of aromatic nitrogens is 1. The highest BCUT2D eigenvalue weighted by molar-refractivity contribution is 7.92. The number of anilines is 1. The monoisotopic (exact) mass is 400 g/mol. The predicted molar refractivity (Wildman–Crippen MR) is 103 cm³/mol. The largest absolute Gasteiger partial charge is 0.462 e. The van der Waals surface area contributed by atoms with Crippen LogP contribution in [0.4, 0.5) is 10.1 Å². The van der Waals surface area contributed by atoms with Gasteiger partial charge >= 0.3 is 5.97 Å². The molecule has 28 heavy (non-hydrogen) atoms. The van der Waals surface area contributed by atoms with Crippen LogP contribution in [0.5, 0.6) is 0 Å². The Morgan fingerprint density at radius 3 is 2.46 bits per heavy atom. The van der Waals surface area contributed by atoms with Crippen molar-refractivity contribution in [2.45, 2.75) is 11.8 Å². The number of para-hydroxylation sites is 1. The minimum atomic E-state index is -3.94. The number of nitrogens with one attached hydrogen (secondary N) is 1. The van der Waals surface area contributed by atoms with Crippen molar-refractivity contribution in [1.82, 2.24) is 4.98 Å². The SMILES string of the molecule is CCOC(=O)c1cncc(-c2ccc(S(=O)(=O)Nc3ccccc3F)cc2)c1. The number of rotatable bonds is 6. The van der Waals surface area contributed by atoms with Crippen LogP contribution in [0.1, 0.15) is 17.3 Å². The molecule has 0 saturated heterocycles. The normalized spacial score (nSPS) is 11.1. The van der Waals surface area contributed by atoms with E-state index in [9.17, 15) is 17.6 Å². The molecule has 0 aliphatic carbocycles. The molecule has 0 bridgehead atoms. The molecular formula is C20H17FN2O4S. The highest BCUT2D eigenvalue weighted by Gasteiger charge is 2.16. The maximum Gasteiger partial charge on any atom is 0.339 e. The number of carbonyl (C=O) groups is 1. The zero-order valence-corrected chi connectivity index (χ0v) is 15.7. The molecule has 0 spiro atoms. The number of benzene rings is 2. The van der Waals surface area contributed by atoms with Crippen LogP contribution in [0, 0.1) is 5.82 Å². The van der Waals surface area contributed by atoms with Gasteiger partial charge in [0.15, 0.2) is 0 Å². The number of esters is 1. The average Bonchev–Trinajstić information content (AvgIpc) is 2.70. The summed E-state index contributed by atoms with van der Waals surface area (Å²) in [5.74, 6) is -1.14. The predicted octanol–water partition coefficient (Wildman–Crippen LogP) is 3.87. The Labute approximate surface area is 162 Å². The maximum absolute atomic E-state index is 13.7. The van der Waals surface area contributed by atoms with E-state index in [2.05, 4.69) is 9.71 Å². The Balaban J connectivity index is 1.85. The van der Waals surface area contributed by atoms with Gasteiger partial charge in [-0.15, -0.1) is 0 Å². The second-order valence-electron chi connectivity index (χ2n) is 5.79. The van der Waals surface area contributed by atoms with Crippen LogP contribution in [0.3, 0.4) is 0 Å². The highest BCUT2D eigenvalue weighted by atomic mass is 32.2. The quantitative estimate of drug-likeness (QED) is 0.635. The summed E-state index contributed by atoms with van der Waals surface area (Å²) in [6.07, 6.45) is 2.96. The number of sulfonamides is 1. The lowest BCUT2D eigenvalue weighted by Crippen LogP contribution is -2.13. The van der Waals surface area contributed by atoms with Crippen molar-refractivity contribution in [2.75, 3.05) is 11.3 Å². The van der Waals surface area contributed by atoms with Crippen molar-refractivity contribution in [3.05, 3.63) is 78.4 Å². The minimum absolute atomic E-state index is 0.0194. The zero-order valence-electron chi connectivity index (χ0n) is 14.9. The van der Waals surface area contributed by atoms with Gasteiger partial charge in [0, 0.05) is 18.0 Å². The summed E-state index contributed by atoms with van der Waals surface area (Å²) in [6.45, 7) is 1.97. The lowest BCUT2D eigenvalue weighted by atomic mass is 10.1. The molecule has 0 atom stereocenters. The van der Waals surface area contributed by atoms with E-state index in [1.54, 1.807) is 31.3 Å². The molecule has 0 saturated carbocycles. The molecule has 0 radical (unpaired) electrons. The van der Waals surface area contributed by atoms with Crippen molar-refractivity contribution in [2.24, 2.45) is 0 Å². The van der Waals surface area contributed by atoms with Crippen LogP contribution in [-0.4, -0.2) is 26.0 Å². The summed E-state index contributed by atoms with van der Waals surface area (Å²) < 4.78 is 45.8. The van der Waals surface area contributed by atoms with Gasteiger partial charge < -0.3 is 4.74 Å². The Morgan fingerprint density at radius 1 is 1.07 bits per heavy atom. The van der Waals surface area contributed by atoms with Gasteiger partial charge in [0.1, 0.15) is 5.82 Å². The molecule has 0 unspecified atom stereocenters. The van der Waals surface area contributed by atoms with Gasteiger partial charge in [-0.1, -0.05) is 24.3 Å². The molecule has 144 valence electrons. The topological polar surface area (TPSA) is 85.4 Å². The highest BCUT2D eigenvalue weighted by Crippen LogP contribution is 2.24. The van der Waals surface area contributed by atoms with E-state index in [1.807, 2.05) is 0 Å². The number of hydrogen-bond donors (Lipinski definition) is 1. The van der Waals surface area contributed by atoms with Gasteiger partial charge in [-0.2, -0.15) is 0 Å². The molecule has 0 aliphatic heterocycles. The first-order valence-electron chi connectivity index (χ1n) is 8.40. The molecule has 1 heterocycles. The Bertz CT molecular complexity index is 1100. The standard InChI is InChI=1S/C20H17FN2O4S/c1-2-27-20(24)16-11-15(12-22-13-16)14-7-9-17(10-8-14)28(25,26)23-19-6-4-3-5-18(19)21/h3-13,23H,2H2,1H3.